The molecule has 0 saturated heterocycles. The highest BCUT2D eigenvalue weighted by atomic mass is 127. The number of benzene rings is 1. The van der Waals surface area contributed by atoms with Crippen LogP contribution in [0.5, 0.6) is 0 Å². The minimum atomic E-state index is -0.221. The van der Waals surface area contributed by atoms with Crippen LogP contribution >= 0.6 is 24.0 Å². The third-order valence-corrected chi connectivity index (χ3v) is 4.66. The summed E-state index contributed by atoms with van der Waals surface area (Å²) in [6.45, 7) is 3.84. The van der Waals surface area contributed by atoms with Crippen LogP contribution in [0.25, 0.3) is 0 Å². The molecule has 146 valence electrons. The van der Waals surface area contributed by atoms with Crippen molar-refractivity contribution in [2.75, 3.05) is 13.6 Å². The van der Waals surface area contributed by atoms with E-state index in [1.54, 1.807) is 20.0 Å². The molecule has 1 aromatic carbocycles. The lowest BCUT2D eigenvalue weighted by atomic mass is 9.95. The summed E-state index contributed by atoms with van der Waals surface area (Å²) < 4.78 is 13.7. The van der Waals surface area contributed by atoms with Gasteiger partial charge in [-0.2, -0.15) is 0 Å². The summed E-state index contributed by atoms with van der Waals surface area (Å²) in [6, 6.07) is 5.35. The number of carbonyl (C=O) groups excluding carboxylic acids is 1. The molecule has 1 fully saturated rings. The standard InChI is InChI=1S/C19H29FN4O.HI/c1-13-9-10-15(11-17(13)20)14(2)23-19(21-3)22-12-18(25)24-16-7-5-4-6-8-16;/h9-11,14,16H,4-8,12H2,1-3H3,(H,24,25)(H2,21,22,23);1H. The van der Waals surface area contributed by atoms with Gasteiger partial charge < -0.3 is 16.0 Å². The first kappa shape index (κ1) is 22.7. The Balaban J connectivity index is 0.00000338. The fraction of sp³-hybridized carbons (Fsp3) is 0.579. The molecule has 0 aromatic heterocycles. The molecule has 1 unspecified atom stereocenters. The van der Waals surface area contributed by atoms with Crippen LogP contribution in [0.1, 0.15) is 56.2 Å². The van der Waals surface area contributed by atoms with Crippen molar-refractivity contribution in [1.82, 2.24) is 16.0 Å². The number of aliphatic imine (C=N–C) groups is 1. The van der Waals surface area contributed by atoms with Gasteiger partial charge in [0, 0.05) is 13.1 Å². The summed E-state index contributed by atoms with van der Waals surface area (Å²) >= 11 is 0. The largest absolute Gasteiger partial charge is 0.352 e. The van der Waals surface area contributed by atoms with Crippen LogP contribution < -0.4 is 16.0 Å². The molecule has 7 heteroatoms. The van der Waals surface area contributed by atoms with Crippen molar-refractivity contribution in [3.63, 3.8) is 0 Å². The molecule has 0 heterocycles. The lowest BCUT2D eigenvalue weighted by Crippen LogP contribution is -2.46. The predicted molar refractivity (Wildman–Crippen MR) is 114 cm³/mol. The van der Waals surface area contributed by atoms with Crippen LogP contribution in [0, 0.1) is 12.7 Å². The van der Waals surface area contributed by atoms with Crippen molar-refractivity contribution in [1.29, 1.82) is 0 Å². The van der Waals surface area contributed by atoms with Crippen molar-refractivity contribution in [2.24, 2.45) is 4.99 Å². The fourth-order valence-electron chi connectivity index (χ4n) is 3.05. The van der Waals surface area contributed by atoms with Gasteiger partial charge in [-0.15, -0.1) is 24.0 Å². The number of nitrogens with one attached hydrogen (secondary N) is 3. The molecular formula is C19H30FIN4O. The van der Waals surface area contributed by atoms with E-state index in [4.69, 9.17) is 0 Å². The van der Waals surface area contributed by atoms with Gasteiger partial charge in [0.15, 0.2) is 5.96 Å². The van der Waals surface area contributed by atoms with Crippen molar-refractivity contribution < 1.29 is 9.18 Å². The van der Waals surface area contributed by atoms with Gasteiger partial charge in [-0.1, -0.05) is 31.4 Å². The van der Waals surface area contributed by atoms with E-state index in [-0.39, 0.29) is 48.3 Å². The quantitative estimate of drug-likeness (QED) is 0.347. The summed E-state index contributed by atoms with van der Waals surface area (Å²) in [5, 5.41) is 9.26. The van der Waals surface area contributed by atoms with Gasteiger partial charge in [0.1, 0.15) is 5.82 Å². The Labute approximate surface area is 172 Å². The number of hydrogen-bond donors (Lipinski definition) is 3. The topological polar surface area (TPSA) is 65.5 Å². The molecule has 1 amide bonds. The highest BCUT2D eigenvalue weighted by Crippen LogP contribution is 2.17. The Kier molecular flexibility index (Phi) is 9.90. The second-order valence-electron chi connectivity index (χ2n) is 6.70. The van der Waals surface area contributed by atoms with E-state index in [1.807, 2.05) is 13.0 Å². The van der Waals surface area contributed by atoms with Crippen LogP contribution in [-0.4, -0.2) is 31.5 Å². The maximum absolute atomic E-state index is 13.7. The van der Waals surface area contributed by atoms with Gasteiger partial charge in [0.25, 0.3) is 0 Å². The Morgan fingerprint density at radius 2 is 2.00 bits per heavy atom. The first-order valence-corrected chi connectivity index (χ1v) is 9.02. The lowest BCUT2D eigenvalue weighted by Gasteiger charge is -2.23. The van der Waals surface area contributed by atoms with E-state index in [0.29, 0.717) is 17.6 Å². The van der Waals surface area contributed by atoms with Crippen molar-refractivity contribution in [3.05, 3.63) is 35.1 Å². The molecule has 1 aliphatic carbocycles. The third kappa shape index (κ3) is 7.09. The Hall–Kier alpha value is -1.38. The predicted octanol–water partition coefficient (Wildman–Crippen LogP) is 3.43. The summed E-state index contributed by atoms with van der Waals surface area (Å²) in [6.07, 6.45) is 5.76. The Bertz CT molecular complexity index is 618. The molecule has 0 radical (unpaired) electrons. The maximum Gasteiger partial charge on any atom is 0.239 e. The van der Waals surface area contributed by atoms with Gasteiger partial charge in [-0.05, 0) is 43.9 Å². The van der Waals surface area contributed by atoms with Gasteiger partial charge in [-0.3, -0.25) is 9.79 Å². The normalized spacial score (nSPS) is 16.4. The maximum atomic E-state index is 13.7. The summed E-state index contributed by atoms with van der Waals surface area (Å²) in [7, 11) is 1.65. The van der Waals surface area contributed by atoms with E-state index in [1.165, 1.54) is 25.3 Å². The second kappa shape index (κ2) is 11.4. The SMILES string of the molecule is CN=C(NCC(=O)NC1CCCCC1)NC(C)c1ccc(C)c(F)c1.I. The number of halogens is 2. The van der Waals surface area contributed by atoms with Crippen molar-refractivity contribution in [2.45, 2.75) is 58.0 Å². The highest BCUT2D eigenvalue weighted by Gasteiger charge is 2.16. The number of guanidine groups is 1. The van der Waals surface area contributed by atoms with E-state index in [9.17, 15) is 9.18 Å². The summed E-state index contributed by atoms with van der Waals surface area (Å²) in [4.78, 5) is 16.2. The van der Waals surface area contributed by atoms with Gasteiger partial charge in [0.05, 0.1) is 12.6 Å². The average molecular weight is 476 g/mol. The molecule has 26 heavy (non-hydrogen) atoms. The number of rotatable bonds is 5. The number of nitrogens with zero attached hydrogens (tertiary/aromatic N) is 1. The fourth-order valence-corrected chi connectivity index (χ4v) is 3.05. The molecule has 1 atom stereocenters. The minimum absolute atomic E-state index is 0. The molecule has 1 aromatic rings. The molecule has 1 saturated carbocycles. The van der Waals surface area contributed by atoms with E-state index < -0.39 is 0 Å². The minimum Gasteiger partial charge on any atom is -0.352 e. The van der Waals surface area contributed by atoms with E-state index in [0.717, 1.165) is 18.4 Å². The number of amides is 1. The smallest absolute Gasteiger partial charge is 0.239 e. The first-order valence-electron chi connectivity index (χ1n) is 9.02. The highest BCUT2D eigenvalue weighted by molar-refractivity contribution is 14.0. The lowest BCUT2D eigenvalue weighted by molar-refractivity contribution is -0.120. The number of hydrogen-bond acceptors (Lipinski definition) is 2. The summed E-state index contributed by atoms with van der Waals surface area (Å²) in [5.74, 6) is 0.275. The second-order valence-corrected chi connectivity index (χ2v) is 6.70. The monoisotopic (exact) mass is 476 g/mol. The van der Waals surface area contributed by atoms with E-state index in [2.05, 4.69) is 20.9 Å². The zero-order valence-electron chi connectivity index (χ0n) is 15.8. The van der Waals surface area contributed by atoms with Crippen LogP contribution in [0.15, 0.2) is 23.2 Å². The van der Waals surface area contributed by atoms with Gasteiger partial charge in [0.2, 0.25) is 5.91 Å². The number of aryl methyl sites for hydroxylation is 1. The van der Waals surface area contributed by atoms with Crippen molar-refractivity contribution >= 4 is 35.8 Å². The van der Waals surface area contributed by atoms with Crippen molar-refractivity contribution in [3.8, 4) is 0 Å². The molecule has 0 aliphatic heterocycles. The molecular weight excluding hydrogens is 446 g/mol. The zero-order chi connectivity index (χ0) is 18.2. The molecule has 2 rings (SSSR count). The zero-order valence-corrected chi connectivity index (χ0v) is 18.1. The molecule has 1 aliphatic rings. The van der Waals surface area contributed by atoms with Gasteiger partial charge >= 0.3 is 0 Å². The van der Waals surface area contributed by atoms with Gasteiger partial charge in [-0.25, -0.2) is 4.39 Å². The van der Waals surface area contributed by atoms with E-state index >= 15 is 0 Å². The average Bonchev–Trinajstić information content (AvgIpc) is 2.61. The van der Waals surface area contributed by atoms with Crippen LogP contribution in [-0.2, 0) is 4.79 Å². The Morgan fingerprint density at radius 3 is 2.62 bits per heavy atom. The molecule has 0 bridgehead atoms. The first-order chi connectivity index (χ1) is 12.0. The number of carbonyl (C=O) groups is 1. The van der Waals surface area contributed by atoms with Crippen LogP contribution in [0.4, 0.5) is 4.39 Å². The molecule has 3 N–H and O–H groups in total. The summed E-state index contributed by atoms with van der Waals surface area (Å²) in [5.41, 5.74) is 1.45. The van der Waals surface area contributed by atoms with Crippen LogP contribution in [0.3, 0.4) is 0 Å². The van der Waals surface area contributed by atoms with Crippen LogP contribution in [0.2, 0.25) is 0 Å². The Morgan fingerprint density at radius 1 is 1.31 bits per heavy atom. The molecule has 0 spiro atoms. The molecule has 5 nitrogen and oxygen atoms in total. The third-order valence-electron chi connectivity index (χ3n) is 4.66.